The van der Waals surface area contributed by atoms with Gasteiger partial charge in [0.2, 0.25) is 6.61 Å². The minimum Gasteiger partial charge on any atom is -0.484 e. The summed E-state index contributed by atoms with van der Waals surface area (Å²) in [5, 5.41) is 18.4. The largest absolute Gasteiger partial charge is 0.484 e. The van der Waals surface area contributed by atoms with Gasteiger partial charge in [-0.25, -0.2) is 14.0 Å². The van der Waals surface area contributed by atoms with Crippen molar-refractivity contribution in [3.05, 3.63) is 64.6 Å². The fraction of sp³-hybridized carbons (Fsp3) is 0.417. The van der Waals surface area contributed by atoms with E-state index in [1.54, 1.807) is 52.0 Å². The molecule has 2 aliphatic heterocycles. The number of nitrogens with one attached hydrogen (secondary N) is 2. The number of aromatic amines is 1. The van der Waals surface area contributed by atoms with E-state index in [-0.39, 0.29) is 31.1 Å². The zero-order valence-electron chi connectivity index (χ0n) is 29.2. The molecule has 3 aromatic rings. The molecule has 0 radical (unpaired) electrons. The third-order valence-corrected chi connectivity index (χ3v) is 9.77. The van der Waals surface area contributed by atoms with E-state index in [0.717, 1.165) is 22.3 Å². The Morgan fingerprint density at radius 1 is 1.10 bits per heavy atom. The molecule has 3 atom stereocenters. The van der Waals surface area contributed by atoms with Gasteiger partial charge in [-0.1, -0.05) is 5.16 Å². The van der Waals surface area contributed by atoms with Crippen LogP contribution in [0, 0.1) is 5.82 Å². The highest BCUT2D eigenvalue weighted by Crippen LogP contribution is 2.44. The van der Waals surface area contributed by atoms with Crippen LogP contribution in [0.25, 0.3) is 22.2 Å². The van der Waals surface area contributed by atoms with E-state index in [9.17, 15) is 28.7 Å². The molecule has 3 N–H and O–H groups in total. The first-order chi connectivity index (χ1) is 24.7. The number of carbonyl (C=O) groups excluding carboxylic acids is 4. The maximum atomic E-state index is 14.2. The molecular weight excluding hydrogens is 699 g/mol. The van der Waals surface area contributed by atoms with Crippen LogP contribution in [0.4, 0.5) is 4.39 Å². The Labute approximate surface area is 302 Å². The standard InChI is InChI=1S/C36H39FN4O10S/c1-6-47-29(44)16-50-40-27-13-25-23-11-20(37)7-10-26(23)38-30(25)22-9-8-21(12-24(22)27)49-15-28(43)39-31-33(45)41-32(35(46)51-36(3,4)5)19(14-48-18(2)42)17-52-34(31)41/h7-12,31,33-34,38,45H,6,13-17H2,1-5H3,(H,39,43)/b40-27-. The fourth-order valence-electron chi connectivity index (χ4n) is 6.23. The highest BCUT2D eigenvalue weighted by atomic mass is 32.2. The number of aromatic nitrogens is 1. The number of oxime groups is 1. The molecule has 3 heterocycles. The van der Waals surface area contributed by atoms with Gasteiger partial charge in [0.25, 0.3) is 5.91 Å². The first-order valence-corrected chi connectivity index (χ1v) is 17.7. The van der Waals surface area contributed by atoms with Gasteiger partial charge in [0.1, 0.15) is 40.9 Å². The number of halogens is 1. The zero-order valence-corrected chi connectivity index (χ0v) is 30.1. The summed E-state index contributed by atoms with van der Waals surface area (Å²) in [4.78, 5) is 59.9. The second kappa shape index (κ2) is 14.9. The number of hydrogen-bond donors (Lipinski definition) is 3. The van der Waals surface area contributed by atoms with Crippen molar-refractivity contribution in [1.29, 1.82) is 0 Å². The molecule has 3 unspecified atom stereocenters. The van der Waals surface area contributed by atoms with Gasteiger partial charge in [-0.15, -0.1) is 11.8 Å². The van der Waals surface area contributed by atoms with Crippen LogP contribution in [0.2, 0.25) is 0 Å². The number of ether oxygens (including phenoxy) is 4. The molecular formula is C36H39FN4O10S. The molecule has 3 aliphatic rings. The summed E-state index contributed by atoms with van der Waals surface area (Å²) in [5.74, 6) is -2.00. The number of aliphatic hydroxyl groups excluding tert-OH is 1. The lowest BCUT2D eigenvalue weighted by atomic mass is 9.87. The van der Waals surface area contributed by atoms with Crippen molar-refractivity contribution >= 4 is 52.2 Å². The second-order valence-electron chi connectivity index (χ2n) is 13.3. The number of nitrogens with zero attached hydrogens (tertiary/aromatic N) is 2. The van der Waals surface area contributed by atoms with Crippen LogP contribution in [-0.2, 0) is 44.6 Å². The molecule has 14 nitrogen and oxygen atoms in total. The van der Waals surface area contributed by atoms with Crippen molar-refractivity contribution in [1.82, 2.24) is 15.2 Å². The van der Waals surface area contributed by atoms with E-state index in [1.807, 2.05) is 0 Å². The monoisotopic (exact) mass is 738 g/mol. The van der Waals surface area contributed by atoms with Gasteiger partial charge in [-0.3, -0.25) is 9.59 Å². The molecule has 276 valence electrons. The Morgan fingerprint density at radius 3 is 2.62 bits per heavy atom. The fourth-order valence-corrected chi connectivity index (χ4v) is 7.63. The molecule has 6 rings (SSSR count). The maximum absolute atomic E-state index is 14.2. The van der Waals surface area contributed by atoms with E-state index in [0.29, 0.717) is 33.7 Å². The number of benzene rings is 2. The Balaban J connectivity index is 1.16. The van der Waals surface area contributed by atoms with Crippen LogP contribution in [0.5, 0.6) is 5.75 Å². The maximum Gasteiger partial charge on any atom is 0.355 e. The van der Waals surface area contributed by atoms with Gasteiger partial charge in [-0.2, -0.15) is 0 Å². The van der Waals surface area contributed by atoms with Crippen molar-refractivity contribution in [3.8, 4) is 17.0 Å². The van der Waals surface area contributed by atoms with Crippen molar-refractivity contribution in [2.24, 2.45) is 5.16 Å². The average Bonchev–Trinajstić information content (AvgIpc) is 3.45. The quantitative estimate of drug-likeness (QED) is 0.148. The summed E-state index contributed by atoms with van der Waals surface area (Å²) >= 11 is 1.38. The van der Waals surface area contributed by atoms with Crippen LogP contribution in [0.3, 0.4) is 0 Å². The van der Waals surface area contributed by atoms with Gasteiger partial charge in [-0.05, 0) is 69.7 Å². The van der Waals surface area contributed by atoms with E-state index >= 15 is 0 Å². The Bertz CT molecular complexity index is 1990. The van der Waals surface area contributed by atoms with Crippen molar-refractivity contribution in [3.63, 3.8) is 0 Å². The summed E-state index contributed by atoms with van der Waals surface area (Å²) in [7, 11) is 0. The van der Waals surface area contributed by atoms with Crippen molar-refractivity contribution < 1.29 is 52.5 Å². The van der Waals surface area contributed by atoms with Crippen LogP contribution in [0.1, 0.15) is 45.7 Å². The number of thioether (sulfide) groups is 1. The number of H-pyrrole nitrogens is 1. The lowest BCUT2D eigenvalue weighted by molar-refractivity contribution is -0.162. The number of amides is 1. The lowest BCUT2D eigenvalue weighted by Gasteiger charge is -2.55. The number of hydrogen-bond acceptors (Lipinski definition) is 13. The van der Waals surface area contributed by atoms with Gasteiger partial charge in [0.05, 0.1) is 18.0 Å². The molecule has 16 heteroatoms. The Hall–Kier alpha value is -5.09. The average molecular weight is 739 g/mol. The Morgan fingerprint density at radius 2 is 1.88 bits per heavy atom. The highest BCUT2D eigenvalue weighted by molar-refractivity contribution is 8.00. The summed E-state index contributed by atoms with van der Waals surface area (Å²) < 4.78 is 35.7. The molecule has 2 aromatic carbocycles. The van der Waals surface area contributed by atoms with Crippen molar-refractivity contribution in [2.45, 2.75) is 64.3 Å². The molecule has 0 spiro atoms. The summed E-state index contributed by atoms with van der Waals surface area (Å²) in [6, 6.07) is 8.91. The zero-order chi connectivity index (χ0) is 37.3. The Kier molecular flexibility index (Phi) is 10.5. The first kappa shape index (κ1) is 36.7. The van der Waals surface area contributed by atoms with Crippen molar-refractivity contribution in [2.75, 3.05) is 32.2 Å². The normalized spacial score (nSPS) is 19.9. The second-order valence-corrected chi connectivity index (χ2v) is 14.4. The topological polar surface area (TPSA) is 178 Å². The molecule has 1 saturated heterocycles. The molecule has 1 amide bonds. The molecule has 52 heavy (non-hydrogen) atoms. The minimum absolute atomic E-state index is 0.107. The molecule has 0 bridgehead atoms. The van der Waals surface area contributed by atoms with Crippen LogP contribution in [-0.4, -0.2) is 99.9 Å². The van der Waals surface area contributed by atoms with Crippen LogP contribution < -0.4 is 10.1 Å². The molecule has 1 fully saturated rings. The summed E-state index contributed by atoms with van der Waals surface area (Å²) in [6.07, 6.45) is -0.997. The van der Waals surface area contributed by atoms with Gasteiger partial charge >= 0.3 is 17.9 Å². The van der Waals surface area contributed by atoms with Crippen LogP contribution in [0.15, 0.2) is 52.8 Å². The van der Waals surface area contributed by atoms with Gasteiger partial charge in [0, 0.05) is 46.7 Å². The summed E-state index contributed by atoms with van der Waals surface area (Å²) in [6.45, 7) is 7.38. The predicted octanol–water partition coefficient (Wildman–Crippen LogP) is 3.54. The van der Waals surface area contributed by atoms with E-state index in [2.05, 4.69) is 15.5 Å². The smallest absolute Gasteiger partial charge is 0.355 e. The highest BCUT2D eigenvalue weighted by Gasteiger charge is 2.54. The first-order valence-electron chi connectivity index (χ1n) is 16.6. The summed E-state index contributed by atoms with van der Waals surface area (Å²) in [5.41, 5.74) is 3.93. The SMILES string of the molecule is CCOC(=O)CO/N=C1/Cc2c([nH]c3ccc(F)cc23)-c2ccc(OCC(=O)NC3C(O)N4C(C(=O)OC(C)(C)C)=C(COC(C)=O)CSC34)cc21. The molecule has 1 aromatic heterocycles. The molecule has 1 aliphatic carbocycles. The minimum atomic E-state index is -1.26. The van der Waals surface area contributed by atoms with Crippen LogP contribution >= 0.6 is 11.8 Å². The number of fused-ring (bicyclic) bond motifs is 6. The van der Waals surface area contributed by atoms with Gasteiger partial charge in [0.15, 0.2) is 12.8 Å². The number of esters is 3. The lowest BCUT2D eigenvalue weighted by Crippen LogP contribution is -2.73. The van der Waals surface area contributed by atoms with Gasteiger partial charge < -0.3 is 44.1 Å². The third-order valence-electron chi connectivity index (χ3n) is 8.39. The van der Waals surface area contributed by atoms with E-state index < -0.39 is 60.3 Å². The van der Waals surface area contributed by atoms with E-state index in [4.69, 9.17) is 23.8 Å². The third kappa shape index (κ3) is 7.72. The molecule has 0 saturated carbocycles. The predicted molar refractivity (Wildman–Crippen MR) is 188 cm³/mol. The number of rotatable bonds is 11. The number of aliphatic hydroxyl groups is 1. The number of carbonyl (C=O) groups is 4. The van der Waals surface area contributed by atoms with E-state index in [1.165, 1.54) is 35.7 Å².